The van der Waals surface area contributed by atoms with Crippen molar-refractivity contribution in [3.63, 3.8) is 0 Å². The predicted octanol–water partition coefficient (Wildman–Crippen LogP) is 0.234. The van der Waals surface area contributed by atoms with Crippen molar-refractivity contribution in [3.8, 4) is 0 Å². The van der Waals surface area contributed by atoms with E-state index in [1.54, 1.807) is 10.9 Å². The number of nitrogens with two attached hydrogens (primary N) is 1. The second-order valence-corrected chi connectivity index (χ2v) is 2.86. The van der Waals surface area contributed by atoms with Gasteiger partial charge in [0.05, 0.1) is 6.33 Å². The molecule has 2 N–H and O–H groups in total. The van der Waals surface area contributed by atoms with Crippen molar-refractivity contribution in [2.24, 2.45) is 7.05 Å². The van der Waals surface area contributed by atoms with Gasteiger partial charge in [-0.3, -0.25) is 0 Å². The molecule has 0 saturated heterocycles. The lowest BCUT2D eigenvalue weighted by molar-refractivity contribution is 0.927. The number of hydrogen-bond donors (Lipinski definition) is 2. The summed E-state index contributed by atoms with van der Waals surface area (Å²) in [6.45, 7) is 0. The highest BCUT2D eigenvalue weighted by Gasteiger charge is 2.06. The molecule has 0 spiro atoms. The van der Waals surface area contributed by atoms with Crippen molar-refractivity contribution in [2.45, 2.75) is 5.03 Å². The summed E-state index contributed by atoms with van der Waals surface area (Å²) < 4.78 is 1.80. The zero-order valence-corrected chi connectivity index (χ0v) is 7.29. The van der Waals surface area contributed by atoms with E-state index in [2.05, 4.69) is 27.6 Å². The third-order valence-electron chi connectivity index (χ3n) is 1.57. The largest absolute Gasteiger partial charge is 0.368 e. The zero-order valence-electron chi connectivity index (χ0n) is 6.39. The summed E-state index contributed by atoms with van der Waals surface area (Å²) in [4.78, 5) is 11.9. The van der Waals surface area contributed by atoms with Crippen LogP contribution in [0, 0.1) is 0 Å². The monoisotopic (exact) mass is 181 g/mol. The molecule has 0 fully saturated rings. The Labute approximate surface area is 74.1 Å². The van der Waals surface area contributed by atoms with Crippen LogP contribution < -0.4 is 5.73 Å². The minimum absolute atomic E-state index is 0.200. The van der Waals surface area contributed by atoms with Crippen LogP contribution in [-0.2, 0) is 7.05 Å². The highest BCUT2D eigenvalue weighted by atomic mass is 32.1. The Kier molecular flexibility index (Phi) is 1.44. The summed E-state index contributed by atoms with van der Waals surface area (Å²) in [6, 6.07) is 0. The van der Waals surface area contributed by atoms with Crippen LogP contribution in [0.4, 0.5) is 5.95 Å². The van der Waals surface area contributed by atoms with Crippen LogP contribution in [0.3, 0.4) is 0 Å². The van der Waals surface area contributed by atoms with Gasteiger partial charge in [-0.05, 0) is 0 Å². The van der Waals surface area contributed by atoms with Gasteiger partial charge in [-0.2, -0.15) is 4.98 Å². The Balaban J connectivity index is 2.93. The number of thiol groups is 1. The second-order valence-electron chi connectivity index (χ2n) is 2.43. The van der Waals surface area contributed by atoms with Gasteiger partial charge < -0.3 is 10.3 Å². The lowest BCUT2D eigenvalue weighted by Crippen LogP contribution is -1.97. The number of aryl methyl sites for hydroxylation is 1. The molecule has 0 aliphatic rings. The van der Waals surface area contributed by atoms with Crippen LogP contribution in [0.5, 0.6) is 0 Å². The van der Waals surface area contributed by atoms with Crippen molar-refractivity contribution in [1.82, 2.24) is 19.5 Å². The molecule has 6 heteroatoms. The molecule has 0 radical (unpaired) electrons. The lowest BCUT2D eigenvalue weighted by atomic mass is 10.5. The van der Waals surface area contributed by atoms with E-state index in [1.807, 2.05) is 7.05 Å². The number of imidazole rings is 1. The van der Waals surface area contributed by atoms with Crippen LogP contribution in [0.1, 0.15) is 0 Å². The van der Waals surface area contributed by atoms with Gasteiger partial charge in [0, 0.05) is 7.05 Å². The van der Waals surface area contributed by atoms with Gasteiger partial charge in [0.2, 0.25) is 5.95 Å². The lowest BCUT2D eigenvalue weighted by Gasteiger charge is -1.97. The number of nitrogens with zero attached hydrogens (tertiary/aromatic N) is 4. The summed E-state index contributed by atoms with van der Waals surface area (Å²) in [7, 11) is 1.86. The quantitative estimate of drug-likeness (QED) is 0.451. The molecule has 2 aromatic heterocycles. The van der Waals surface area contributed by atoms with E-state index in [0.717, 1.165) is 5.52 Å². The smallest absolute Gasteiger partial charge is 0.223 e. The summed E-state index contributed by atoms with van der Waals surface area (Å²) in [6.07, 6.45) is 1.65. The minimum atomic E-state index is 0.200. The third kappa shape index (κ3) is 0.918. The van der Waals surface area contributed by atoms with E-state index in [9.17, 15) is 0 Å². The predicted molar refractivity (Wildman–Crippen MR) is 48.0 cm³/mol. The molecule has 0 aromatic carbocycles. The Morgan fingerprint density at radius 1 is 1.50 bits per heavy atom. The third-order valence-corrected chi connectivity index (χ3v) is 1.88. The summed E-state index contributed by atoms with van der Waals surface area (Å²) in [5.74, 6) is 0.200. The average Bonchev–Trinajstić information content (AvgIpc) is 2.31. The highest BCUT2D eigenvalue weighted by molar-refractivity contribution is 7.80. The average molecular weight is 181 g/mol. The van der Waals surface area contributed by atoms with E-state index in [0.29, 0.717) is 10.7 Å². The molecular formula is C6H7N5S. The maximum absolute atomic E-state index is 5.41. The molecule has 0 aliphatic carbocycles. The van der Waals surface area contributed by atoms with Gasteiger partial charge in [-0.1, -0.05) is 0 Å². The highest BCUT2D eigenvalue weighted by Crippen LogP contribution is 2.17. The number of rotatable bonds is 0. The van der Waals surface area contributed by atoms with Gasteiger partial charge >= 0.3 is 0 Å². The molecule has 12 heavy (non-hydrogen) atoms. The molecule has 0 unspecified atom stereocenters. The van der Waals surface area contributed by atoms with Gasteiger partial charge in [0.25, 0.3) is 0 Å². The van der Waals surface area contributed by atoms with Gasteiger partial charge in [-0.25, -0.2) is 9.97 Å². The standard InChI is InChI=1S/C6H7N5S/c1-11-2-8-4-3(11)5(12)10-6(7)9-4/h2H,1H3,(H3,7,9,10,12). The minimum Gasteiger partial charge on any atom is -0.368 e. The first-order chi connectivity index (χ1) is 5.68. The van der Waals surface area contributed by atoms with E-state index >= 15 is 0 Å². The normalized spacial score (nSPS) is 10.8. The van der Waals surface area contributed by atoms with Gasteiger partial charge in [0.1, 0.15) is 10.5 Å². The molecule has 2 rings (SSSR count). The van der Waals surface area contributed by atoms with E-state index in [4.69, 9.17) is 5.73 Å². The van der Waals surface area contributed by atoms with Gasteiger partial charge in [0.15, 0.2) is 5.65 Å². The first kappa shape index (κ1) is 7.35. The van der Waals surface area contributed by atoms with Crippen LogP contribution in [0.2, 0.25) is 0 Å². The molecule has 0 saturated carbocycles. The molecule has 0 bridgehead atoms. The van der Waals surface area contributed by atoms with Crippen molar-refractivity contribution >= 4 is 29.7 Å². The summed E-state index contributed by atoms with van der Waals surface area (Å²) >= 11 is 4.16. The Morgan fingerprint density at radius 2 is 2.25 bits per heavy atom. The number of nitrogen functional groups attached to an aromatic ring is 1. The van der Waals surface area contributed by atoms with E-state index in [1.165, 1.54) is 0 Å². The molecule has 0 atom stereocenters. The first-order valence-corrected chi connectivity index (χ1v) is 3.76. The second kappa shape index (κ2) is 2.34. The molecule has 0 amide bonds. The fraction of sp³-hybridized carbons (Fsp3) is 0.167. The van der Waals surface area contributed by atoms with Gasteiger partial charge in [-0.15, -0.1) is 12.6 Å². The molecule has 2 aromatic rings. The zero-order chi connectivity index (χ0) is 8.72. The van der Waals surface area contributed by atoms with Crippen LogP contribution in [0.25, 0.3) is 11.2 Å². The fourth-order valence-corrected chi connectivity index (χ4v) is 1.41. The van der Waals surface area contributed by atoms with Crippen molar-refractivity contribution in [2.75, 3.05) is 5.73 Å². The SMILES string of the molecule is Cn1cnc2nc(N)nc(S)c21. The van der Waals surface area contributed by atoms with Crippen LogP contribution in [-0.4, -0.2) is 19.5 Å². The Morgan fingerprint density at radius 3 is 3.00 bits per heavy atom. The number of anilines is 1. The number of hydrogen-bond acceptors (Lipinski definition) is 5. The number of aromatic nitrogens is 4. The maximum Gasteiger partial charge on any atom is 0.223 e. The summed E-state index contributed by atoms with van der Waals surface area (Å²) in [5.41, 5.74) is 6.79. The van der Waals surface area contributed by atoms with Crippen LogP contribution in [0.15, 0.2) is 11.4 Å². The first-order valence-electron chi connectivity index (χ1n) is 3.32. The summed E-state index contributed by atoms with van der Waals surface area (Å²) in [5, 5.41) is 0.553. The molecule has 0 aliphatic heterocycles. The van der Waals surface area contributed by atoms with Crippen molar-refractivity contribution in [3.05, 3.63) is 6.33 Å². The van der Waals surface area contributed by atoms with Crippen molar-refractivity contribution < 1.29 is 0 Å². The Bertz CT molecular complexity index is 435. The Hall–Kier alpha value is -1.30. The fourth-order valence-electron chi connectivity index (χ4n) is 1.05. The van der Waals surface area contributed by atoms with Crippen LogP contribution >= 0.6 is 12.6 Å². The number of fused-ring (bicyclic) bond motifs is 1. The van der Waals surface area contributed by atoms with E-state index in [-0.39, 0.29) is 5.95 Å². The maximum atomic E-state index is 5.41. The molecule has 62 valence electrons. The van der Waals surface area contributed by atoms with E-state index < -0.39 is 0 Å². The molecule has 5 nitrogen and oxygen atoms in total. The topological polar surface area (TPSA) is 69.6 Å². The molecular weight excluding hydrogens is 174 g/mol. The van der Waals surface area contributed by atoms with Crippen molar-refractivity contribution in [1.29, 1.82) is 0 Å². The molecule has 2 heterocycles.